The average molecular weight is 244 g/mol. The van der Waals surface area contributed by atoms with Crippen LogP contribution >= 0.6 is 11.6 Å². The molecule has 1 amide bonds. The molecule has 1 rings (SSSR count). The van der Waals surface area contributed by atoms with Crippen molar-refractivity contribution < 1.29 is 14.7 Å². The molecule has 16 heavy (non-hydrogen) atoms. The van der Waals surface area contributed by atoms with Crippen LogP contribution in [0.3, 0.4) is 0 Å². The van der Waals surface area contributed by atoms with E-state index < -0.39 is 11.9 Å². The van der Waals surface area contributed by atoms with E-state index >= 15 is 0 Å². The lowest BCUT2D eigenvalue weighted by Crippen LogP contribution is -2.35. The van der Waals surface area contributed by atoms with Crippen molar-refractivity contribution in [2.24, 2.45) is 0 Å². The highest BCUT2D eigenvalue weighted by Crippen LogP contribution is 2.04. The van der Waals surface area contributed by atoms with Crippen LogP contribution in [0.15, 0.2) is 12.4 Å². The minimum Gasteiger partial charge on any atom is -0.480 e. The smallest absolute Gasteiger partial charge is 0.323 e. The van der Waals surface area contributed by atoms with E-state index in [1.165, 1.54) is 12.4 Å². The first-order valence-corrected chi connectivity index (χ1v) is 4.91. The van der Waals surface area contributed by atoms with Crippen LogP contribution in [0.4, 0.5) is 0 Å². The number of aliphatic carboxylic acids is 1. The average Bonchev–Trinajstić information content (AvgIpc) is 2.25. The van der Waals surface area contributed by atoms with Gasteiger partial charge in [0.1, 0.15) is 17.4 Å². The predicted octanol–water partition coefficient (Wildman–Crippen LogP) is 0.677. The fourth-order valence-corrected chi connectivity index (χ4v) is 1.17. The molecule has 0 saturated carbocycles. The number of nitrogens with zero attached hydrogens (tertiary/aromatic N) is 3. The van der Waals surface area contributed by atoms with Crippen LogP contribution in [-0.4, -0.2) is 44.9 Å². The van der Waals surface area contributed by atoms with E-state index in [0.717, 1.165) is 4.90 Å². The van der Waals surface area contributed by atoms with E-state index in [4.69, 9.17) is 16.7 Å². The summed E-state index contributed by atoms with van der Waals surface area (Å²) >= 11 is 5.52. The van der Waals surface area contributed by atoms with Gasteiger partial charge in [-0.15, -0.1) is 0 Å². The Hall–Kier alpha value is -1.69. The lowest BCUT2D eigenvalue weighted by molar-refractivity contribution is -0.137. The van der Waals surface area contributed by atoms with Crippen LogP contribution in [0, 0.1) is 0 Å². The summed E-state index contributed by atoms with van der Waals surface area (Å²) in [6, 6.07) is 0. The Morgan fingerprint density at radius 3 is 2.56 bits per heavy atom. The molecule has 7 heteroatoms. The fraction of sp³-hybridized carbons (Fsp3) is 0.333. The number of hydrogen-bond acceptors (Lipinski definition) is 4. The Bertz CT molecular complexity index is 393. The molecule has 1 aromatic heterocycles. The molecule has 0 radical (unpaired) electrons. The highest BCUT2D eigenvalue weighted by atomic mass is 35.5. The summed E-state index contributed by atoms with van der Waals surface area (Å²) in [6.45, 7) is 1.61. The van der Waals surface area contributed by atoms with E-state index in [0.29, 0.717) is 0 Å². The molecule has 1 heterocycles. The van der Waals surface area contributed by atoms with Gasteiger partial charge in [0.15, 0.2) is 0 Å². The lowest BCUT2D eigenvalue weighted by atomic mass is 10.3. The maximum absolute atomic E-state index is 11.7. The van der Waals surface area contributed by atoms with Gasteiger partial charge in [0.2, 0.25) is 0 Å². The molecule has 0 aliphatic heterocycles. The molecule has 0 bridgehead atoms. The van der Waals surface area contributed by atoms with Crippen molar-refractivity contribution >= 4 is 23.5 Å². The van der Waals surface area contributed by atoms with Gasteiger partial charge < -0.3 is 10.0 Å². The third-order valence-electron chi connectivity index (χ3n) is 1.83. The van der Waals surface area contributed by atoms with Crippen molar-refractivity contribution in [2.75, 3.05) is 13.1 Å². The van der Waals surface area contributed by atoms with Crippen molar-refractivity contribution in [3.8, 4) is 0 Å². The topological polar surface area (TPSA) is 83.4 Å². The Kier molecular flexibility index (Phi) is 4.19. The zero-order valence-corrected chi connectivity index (χ0v) is 9.31. The summed E-state index contributed by atoms with van der Waals surface area (Å²) in [5, 5.41) is 8.78. The number of rotatable bonds is 4. The van der Waals surface area contributed by atoms with Gasteiger partial charge in [-0.3, -0.25) is 9.59 Å². The third kappa shape index (κ3) is 3.16. The molecular formula is C9H10ClN3O3. The molecule has 0 saturated heterocycles. The van der Waals surface area contributed by atoms with Crippen molar-refractivity contribution in [3.63, 3.8) is 0 Å². The van der Waals surface area contributed by atoms with Crippen LogP contribution < -0.4 is 0 Å². The predicted molar refractivity (Wildman–Crippen MR) is 56.3 cm³/mol. The molecule has 0 spiro atoms. The van der Waals surface area contributed by atoms with E-state index in [1.807, 2.05) is 0 Å². The maximum Gasteiger partial charge on any atom is 0.323 e. The minimum absolute atomic E-state index is 0.0764. The third-order valence-corrected chi connectivity index (χ3v) is 2.03. The fourth-order valence-electron chi connectivity index (χ4n) is 1.08. The largest absolute Gasteiger partial charge is 0.480 e. The molecule has 0 aromatic carbocycles. The second-order valence-electron chi connectivity index (χ2n) is 2.94. The van der Waals surface area contributed by atoms with Crippen molar-refractivity contribution in [1.29, 1.82) is 0 Å². The Labute approximate surface area is 96.9 Å². The number of carbonyl (C=O) groups is 2. The van der Waals surface area contributed by atoms with Crippen LogP contribution in [0.1, 0.15) is 17.4 Å². The standard InChI is InChI=1S/C9H10ClN3O3/c1-2-13(5-8(14)15)9(16)6-3-12-7(10)4-11-6/h3-4H,2,5H2,1H3,(H,14,15). The zero-order chi connectivity index (χ0) is 12.1. The van der Waals surface area contributed by atoms with Crippen LogP contribution in [0.2, 0.25) is 5.15 Å². The van der Waals surface area contributed by atoms with Gasteiger partial charge in [-0.2, -0.15) is 0 Å². The molecule has 1 N–H and O–H groups in total. The van der Waals surface area contributed by atoms with Gasteiger partial charge in [0.05, 0.1) is 12.4 Å². The molecule has 0 unspecified atom stereocenters. The lowest BCUT2D eigenvalue weighted by Gasteiger charge is -2.17. The number of carboxylic acids is 1. The summed E-state index contributed by atoms with van der Waals surface area (Å²) < 4.78 is 0. The number of amides is 1. The van der Waals surface area contributed by atoms with Crippen LogP contribution in [0.25, 0.3) is 0 Å². The zero-order valence-electron chi connectivity index (χ0n) is 8.55. The maximum atomic E-state index is 11.7. The molecular weight excluding hydrogens is 234 g/mol. The quantitative estimate of drug-likeness (QED) is 0.841. The van der Waals surface area contributed by atoms with Gasteiger partial charge in [0, 0.05) is 6.54 Å². The number of carboxylic acid groups (broad SMARTS) is 1. The summed E-state index contributed by atoms with van der Waals surface area (Å²) in [7, 11) is 0. The van der Waals surface area contributed by atoms with Gasteiger partial charge in [-0.1, -0.05) is 11.6 Å². The number of likely N-dealkylation sites (N-methyl/N-ethyl adjacent to an activating group) is 1. The van der Waals surface area contributed by atoms with Crippen molar-refractivity contribution in [2.45, 2.75) is 6.92 Å². The Morgan fingerprint density at radius 2 is 2.12 bits per heavy atom. The van der Waals surface area contributed by atoms with E-state index in [-0.39, 0.29) is 23.9 Å². The molecule has 1 aromatic rings. The van der Waals surface area contributed by atoms with Crippen molar-refractivity contribution in [1.82, 2.24) is 14.9 Å². The second-order valence-corrected chi connectivity index (χ2v) is 3.32. The van der Waals surface area contributed by atoms with Gasteiger partial charge in [0.25, 0.3) is 5.91 Å². The summed E-state index contributed by atoms with van der Waals surface area (Å²) in [4.78, 5) is 30.9. The van der Waals surface area contributed by atoms with Gasteiger partial charge in [-0.25, -0.2) is 9.97 Å². The molecule has 0 atom stereocenters. The van der Waals surface area contributed by atoms with Crippen molar-refractivity contribution in [3.05, 3.63) is 23.2 Å². The van der Waals surface area contributed by atoms with Gasteiger partial charge in [-0.05, 0) is 6.92 Å². The van der Waals surface area contributed by atoms with Gasteiger partial charge >= 0.3 is 5.97 Å². The minimum atomic E-state index is -1.07. The number of carbonyl (C=O) groups excluding carboxylic acids is 1. The molecule has 0 aliphatic rings. The summed E-state index contributed by atoms with van der Waals surface area (Å²) in [5.41, 5.74) is 0.0764. The van der Waals surface area contributed by atoms with Crippen LogP contribution in [0.5, 0.6) is 0 Å². The first-order valence-electron chi connectivity index (χ1n) is 4.53. The monoisotopic (exact) mass is 243 g/mol. The first kappa shape index (κ1) is 12.4. The first-order chi connectivity index (χ1) is 7.54. The molecule has 6 nitrogen and oxygen atoms in total. The van der Waals surface area contributed by atoms with E-state index in [1.54, 1.807) is 6.92 Å². The van der Waals surface area contributed by atoms with E-state index in [9.17, 15) is 9.59 Å². The summed E-state index contributed by atoms with van der Waals surface area (Å²) in [6.07, 6.45) is 2.46. The molecule has 0 aliphatic carbocycles. The van der Waals surface area contributed by atoms with E-state index in [2.05, 4.69) is 9.97 Å². The normalized spacial score (nSPS) is 9.88. The summed E-state index contributed by atoms with van der Waals surface area (Å²) in [5.74, 6) is -1.55. The number of halogens is 1. The Morgan fingerprint density at radius 1 is 1.44 bits per heavy atom. The highest BCUT2D eigenvalue weighted by molar-refractivity contribution is 6.29. The Balaban J connectivity index is 2.82. The van der Waals surface area contributed by atoms with Crippen LogP contribution in [-0.2, 0) is 4.79 Å². The highest BCUT2D eigenvalue weighted by Gasteiger charge is 2.18. The number of hydrogen-bond donors (Lipinski definition) is 1. The second kappa shape index (κ2) is 5.41. The molecule has 0 fully saturated rings. The SMILES string of the molecule is CCN(CC(=O)O)C(=O)c1cnc(Cl)cn1. The molecule has 86 valence electrons. The number of aromatic nitrogens is 2.